The van der Waals surface area contributed by atoms with E-state index in [1.807, 2.05) is 24.3 Å². The summed E-state index contributed by atoms with van der Waals surface area (Å²) >= 11 is 0. The second-order valence-corrected chi connectivity index (χ2v) is 6.84. The van der Waals surface area contributed by atoms with Gasteiger partial charge in [-0.15, -0.1) is 0 Å². The van der Waals surface area contributed by atoms with Crippen LogP contribution >= 0.6 is 0 Å². The first-order valence-corrected chi connectivity index (χ1v) is 8.92. The quantitative estimate of drug-likeness (QED) is 0.869. The Kier molecular flexibility index (Phi) is 6.05. The molecule has 0 spiro atoms. The summed E-state index contributed by atoms with van der Waals surface area (Å²) in [5.41, 5.74) is 2.15. The van der Waals surface area contributed by atoms with Crippen molar-refractivity contribution in [3.8, 4) is 5.75 Å². The van der Waals surface area contributed by atoms with E-state index >= 15 is 0 Å². The SMILES string of the molecule is COc1ccc(CN2CCC(C(O)Cc3ccccc3)CC2)cc1F. The van der Waals surface area contributed by atoms with Crippen molar-refractivity contribution in [2.24, 2.45) is 5.92 Å². The Hall–Kier alpha value is -1.91. The maximum Gasteiger partial charge on any atom is 0.165 e. The number of halogens is 1. The van der Waals surface area contributed by atoms with Crippen molar-refractivity contribution in [2.45, 2.75) is 31.9 Å². The van der Waals surface area contributed by atoms with E-state index in [2.05, 4.69) is 17.0 Å². The lowest BCUT2D eigenvalue weighted by Crippen LogP contribution is -2.38. The Bertz CT molecular complexity index is 669. The fourth-order valence-corrected chi connectivity index (χ4v) is 3.58. The zero-order valence-corrected chi connectivity index (χ0v) is 14.7. The van der Waals surface area contributed by atoms with Gasteiger partial charge in [0.15, 0.2) is 11.6 Å². The zero-order valence-electron chi connectivity index (χ0n) is 14.7. The molecule has 134 valence electrons. The van der Waals surface area contributed by atoms with E-state index in [9.17, 15) is 9.50 Å². The summed E-state index contributed by atoms with van der Waals surface area (Å²) in [6, 6.07) is 15.3. The number of piperidine rings is 1. The minimum Gasteiger partial charge on any atom is -0.494 e. The highest BCUT2D eigenvalue weighted by Gasteiger charge is 2.25. The highest BCUT2D eigenvalue weighted by molar-refractivity contribution is 5.29. The van der Waals surface area contributed by atoms with Crippen molar-refractivity contribution in [2.75, 3.05) is 20.2 Å². The van der Waals surface area contributed by atoms with Crippen LogP contribution in [0.15, 0.2) is 48.5 Å². The van der Waals surface area contributed by atoms with Gasteiger partial charge in [-0.1, -0.05) is 36.4 Å². The van der Waals surface area contributed by atoms with Gasteiger partial charge >= 0.3 is 0 Å². The number of rotatable bonds is 6. The molecule has 2 aromatic rings. The van der Waals surface area contributed by atoms with Gasteiger partial charge < -0.3 is 9.84 Å². The lowest BCUT2D eigenvalue weighted by atomic mass is 9.88. The molecule has 0 amide bonds. The van der Waals surface area contributed by atoms with Gasteiger partial charge in [0.1, 0.15) is 0 Å². The summed E-state index contributed by atoms with van der Waals surface area (Å²) in [6.45, 7) is 2.61. The van der Waals surface area contributed by atoms with Crippen molar-refractivity contribution in [3.05, 3.63) is 65.5 Å². The summed E-state index contributed by atoms with van der Waals surface area (Å²) < 4.78 is 18.8. The minimum absolute atomic E-state index is 0.284. The van der Waals surface area contributed by atoms with E-state index in [-0.39, 0.29) is 17.7 Å². The van der Waals surface area contributed by atoms with Gasteiger partial charge in [-0.2, -0.15) is 0 Å². The molecule has 0 radical (unpaired) electrons. The van der Waals surface area contributed by atoms with Crippen LogP contribution in [0.2, 0.25) is 0 Å². The van der Waals surface area contributed by atoms with Crippen LogP contribution in [0.3, 0.4) is 0 Å². The van der Waals surface area contributed by atoms with Gasteiger partial charge in [-0.05, 0) is 61.5 Å². The van der Waals surface area contributed by atoms with Crippen molar-refractivity contribution >= 4 is 0 Å². The third-order valence-electron chi connectivity index (χ3n) is 5.09. The smallest absolute Gasteiger partial charge is 0.165 e. The second-order valence-electron chi connectivity index (χ2n) is 6.84. The van der Waals surface area contributed by atoms with E-state index in [4.69, 9.17) is 4.74 Å². The van der Waals surface area contributed by atoms with Crippen LogP contribution in [0.1, 0.15) is 24.0 Å². The monoisotopic (exact) mass is 343 g/mol. The fourth-order valence-electron chi connectivity index (χ4n) is 3.58. The molecule has 1 N–H and O–H groups in total. The zero-order chi connectivity index (χ0) is 17.6. The molecule has 25 heavy (non-hydrogen) atoms. The van der Waals surface area contributed by atoms with Crippen molar-refractivity contribution in [1.29, 1.82) is 0 Å². The number of ether oxygens (including phenoxy) is 1. The first-order chi connectivity index (χ1) is 12.2. The Morgan fingerprint density at radius 1 is 1.12 bits per heavy atom. The van der Waals surface area contributed by atoms with Gasteiger partial charge in [0.2, 0.25) is 0 Å². The number of methoxy groups -OCH3 is 1. The lowest BCUT2D eigenvalue weighted by molar-refractivity contribution is 0.0576. The van der Waals surface area contributed by atoms with Gasteiger partial charge in [0.05, 0.1) is 13.2 Å². The molecule has 2 aromatic carbocycles. The third kappa shape index (κ3) is 4.80. The molecule has 1 unspecified atom stereocenters. The highest BCUT2D eigenvalue weighted by atomic mass is 19.1. The fraction of sp³-hybridized carbons (Fsp3) is 0.429. The normalized spacial score (nSPS) is 17.4. The van der Waals surface area contributed by atoms with E-state index in [1.54, 1.807) is 12.1 Å². The molecule has 3 rings (SSSR count). The standard InChI is InChI=1S/C21H26FNO2/c1-25-21-8-7-17(13-19(21)22)15-23-11-9-18(10-12-23)20(24)14-16-5-3-2-4-6-16/h2-8,13,18,20,24H,9-12,14-15H2,1H3. The Morgan fingerprint density at radius 2 is 1.84 bits per heavy atom. The van der Waals surface area contributed by atoms with Crippen molar-refractivity contribution in [3.63, 3.8) is 0 Å². The van der Waals surface area contributed by atoms with Crippen LogP contribution in [0.4, 0.5) is 4.39 Å². The summed E-state index contributed by atoms with van der Waals surface area (Å²) in [6.07, 6.45) is 2.39. The van der Waals surface area contributed by atoms with Gasteiger partial charge in [0.25, 0.3) is 0 Å². The summed E-state index contributed by atoms with van der Waals surface area (Å²) in [5.74, 6) is 0.309. The molecule has 0 aliphatic carbocycles. The molecule has 0 bridgehead atoms. The molecule has 1 saturated heterocycles. The summed E-state index contributed by atoms with van der Waals surface area (Å²) in [4.78, 5) is 2.33. The van der Waals surface area contributed by atoms with Gasteiger partial charge in [-0.25, -0.2) is 4.39 Å². The molecule has 1 fully saturated rings. The Morgan fingerprint density at radius 3 is 2.48 bits per heavy atom. The average molecular weight is 343 g/mol. The van der Waals surface area contributed by atoms with Crippen LogP contribution < -0.4 is 4.74 Å². The molecule has 1 aliphatic rings. The van der Waals surface area contributed by atoms with Crippen LogP contribution in [0, 0.1) is 11.7 Å². The number of hydrogen-bond donors (Lipinski definition) is 1. The maximum absolute atomic E-state index is 13.8. The van der Waals surface area contributed by atoms with E-state index in [0.29, 0.717) is 5.92 Å². The molecule has 4 heteroatoms. The molecular weight excluding hydrogens is 317 g/mol. The number of hydrogen-bond acceptors (Lipinski definition) is 3. The number of aliphatic hydroxyl groups is 1. The average Bonchev–Trinajstić information content (AvgIpc) is 2.63. The molecule has 0 aromatic heterocycles. The van der Waals surface area contributed by atoms with Crippen LogP contribution in [-0.4, -0.2) is 36.3 Å². The minimum atomic E-state index is -0.312. The van der Waals surface area contributed by atoms with E-state index in [0.717, 1.165) is 44.5 Å². The highest BCUT2D eigenvalue weighted by Crippen LogP contribution is 2.25. The third-order valence-corrected chi connectivity index (χ3v) is 5.09. The van der Waals surface area contributed by atoms with Gasteiger partial charge in [-0.3, -0.25) is 4.90 Å². The number of aliphatic hydroxyl groups excluding tert-OH is 1. The van der Waals surface area contributed by atoms with Crippen LogP contribution in [-0.2, 0) is 13.0 Å². The number of likely N-dealkylation sites (tertiary alicyclic amines) is 1. The second kappa shape index (κ2) is 8.45. The Labute approximate surface area is 149 Å². The predicted octanol–water partition coefficient (Wildman–Crippen LogP) is 3.65. The lowest BCUT2D eigenvalue weighted by Gasteiger charge is -2.34. The van der Waals surface area contributed by atoms with E-state index in [1.165, 1.54) is 12.7 Å². The molecular formula is C21H26FNO2. The van der Waals surface area contributed by atoms with E-state index < -0.39 is 0 Å². The number of nitrogens with zero attached hydrogens (tertiary/aromatic N) is 1. The largest absolute Gasteiger partial charge is 0.494 e. The predicted molar refractivity (Wildman–Crippen MR) is 97.1 cm³/mol. The molecule has 3 nitrogen and oxygen atoms in total. The summed E-state index contributed by atoms with van der Waals surface area (Å²) in [5, 5.41) is 10.5. The molecule has 1 heterocycles. The molecule has 0 saturated carbocycles. The molecule has 1 atom stereocenters. The summed E-state index contributed by atoms with van der Waals surface area (Å²) in [7, 11) is 1.48. The molecule has 1 aliphatic heterocycles. The first kappa shape index (κ1) is 17.9. The van der Waals surface area contributed by atoms with Gasteiger partial charge in [0, 0.05) is 6.54 Å². The topological polar surface area (TPSA) is 32.7 Å². The van der Waals surface area contributed by atoms with Crippen LogP contribution in [0.25, 0.3) is 0 Å². The maximum atomic E-state index is 13.8. The van der Waals surface area contributed by atoms with Crippen molar-refractivity contribution in [1.82, 2.24) is 4.90 Å². The number of benzene rings is 2. The Balaban J connectivity index is 1.49. The first-order valence-electron chi connectivity index (χ1n) is 8.92. The van der Waals surface area contributed by atoms with Crippen molar-refractivity contribution < 1.29 is 14.2 Å². The van der Waals surface area contributed by atoms with Crippen LogP contribution in [0.5, 0.6) is 5.75 Å².